The Morgan fingerprint density at radius 3 is 2.67 bits per heavy atom. The Balaban J connectivity index is 1.68. The molecule has 1 saturated carbocycles. The molecule has 0 bridgehead atoms. The summed E-state index contributed by atoms with van der Waals surface area (Å²) in [6.45, 7) is 0. The van der Waals surface area contributed by atoms with Crippen LogP contribution in [0.15, 0.2) is 47.6 Å². The summed E-state index contributed by atoms with van der Waals surface area (Å²) in [6, 6.07) is 8.83. The number of hydrogen-bond donors (Lipinski definition) is 1. The molecule has 3 rings (SSSR count). The van der Waals surface area contributed by atoms with Crippen molar-refractivity contribution in [3.8, 4) is 0 Å². The van der Waals surface area contributed by atoms with Crippen LogP contribution in [0, 0.1) is 0 Å². The Morgan fingerprint density at radius 1 is 1.15 bits per heavy atom. The molecule has 0 spiro atoms. The van der Waals surface area contributed by atoms with Crippen molar-refractivity contribution in [3.63, 3.8) is 0 Å². The number of benzene rings is 1. The number of nitrogens with one attached hydrogen (secondary N) is 1. The van der Waals surface area contributed by atoms with Crippen LogP contribution in [0.3, 0.4) is 0 Å². The summed E-state index contributed by atoms with van der Waals surface area (Å²) < 4.78 is 38.6. The molecule has 0 saturated heterocycles. The van der Waals surface area contributed by atoms with Gasteiger partial charge in [0.05, 0.1) is 11.1 Å². The number of hydrogen-bond acceptors (Lipinski definition) is 3. The van der Waals surface area contributed by atoms with Crippen LogP contribution in [0.2, 0.25) is 0 Å². The number of alkyl halides is 3. The molecule has 144 valence electrons. The predicted molar refractivity (Wildman–Crippen MR) is 99.6 cm³/mol. The SMILES string of the molecule is O=C(NC1CCCCC1)c1cccnc1SCc1cccc(C(F)(F)F)c1. The molecule has 1 aliphatic carbocycles. The van der Waals surface area contributed by atoms with E-state index in [9.17, 15) is 18.0 Å². The first-order chi connectivity index (χ1) is 12.9. The van der Waals surface area contributed by atoms with Gasteiger partial charge < -0.3 is 5.32 Å². The first-order valence-electron chi connectivity index (χ1n) is 8.98. The second kappa shape index (κ2) is 8.78. The largest absolute Gasteiger partial charge is 0.416 e. The average molecular weight is 394 g/mol. The number of pyridine rings is 1. The molecule has 0 aliphatic heterocycles. The molecule has 1 fully saturated rings. The molecule has 0 radical (unpaired) electrons. The van der Waals surface area contributed by atoms with Crippen molar-refractivity contribution in [2.75, 3.05) is 0 Å². The van der Waals surface area contributed by atoms with E-state index in [4.69, 9.17) is 0 Å². The van der Waals surface area contributed by atoms with Crippen LogP contribution in [-0.2, 0) is 11.9 Å². The number of amides is 1. The monoisotopic (exact) mass is 394 g/mol. The smallest absolute Gasteiger partial charge is 0.349 e. The maximum atomic E-state index is 12.9. The Hall–Kier alpha value is -2.02. The lowest BCUT2D eigenvalue weighted by Gasteiger charge is -2.23. The molecule has 1 aromatic heterocycles. The summed E-state index contributed by atoms with van der Waals surface area (Å²) in [7, 11) is 0. The van der Waals surface area contributed by atoms with Crippen LogP contribution in [-0.4, -0.2) is 16.9 Å². The zero-order valence-electron chi connectivity index (χ0n) is 14.8. The molecule has 3 nitrogen and oxygen atoms in total. The second-order valence-corrected chi connectivity index (χ2v) is 7.62. The summed E-state index contributed by atoms with van der Waals surface area (Å²) in [5.74, 6) is 0.145. The minimum Gasteiger partial charge on any atom is -0.349 e. The van der Waals surface area contributed by atoms with Crippen LogP contribution in [0.25, 0.3) is 0 Å². The standard InChI is InChI=1S/C20H21F3N2OS/c21-20(22,23)15-7-4-6-14(12-15)13-27-19-17(10-5-11-24-19)18(26)25-16-8-2-1-3-9-16/h4-7,10-12,16H,1-3,8-9,13H2,(H,25,26). The Morgan fingerprint density at radius 2 is 1.93 bits per heavy atom. The maximum absolute atomic E-state index is 12.9. The quantitative estimate of drug-likeness (QED) is 0.685. The summed E-state index contributed by atoms with van der Waals surface area (Å²) in [5.41, 5.74) is 0.344. The molecule has 0 unspecified atom stereocenters. The van der Waals surface area contributed by atoms with Gasteiger partial charge >= 0.3 is 6.18 Å². The van der Waals surface area contributed by atoms with Crippen LogP contribution in [0.1, 0.15) is 53.6 Å². The number of carbonyl (C=O) groups excluding carboxylic acids is 1. The highest BCUT2D eigenvalue weighted by Crippen LogP contribution is 2.31. The molecule has 1 aliphatic rings. The fraction of sp³-hybridized carbons (Fsp3) is 0.400. The highest BCUT2D eigenvalue weighted by atomic mass is 32.2. The van der Waals surface area contributed by atoms with Crippen molar-refractivity contribution in [2.45, 2.75) is 55.1 Å². The summed E-state index contributed by atoms with van der Waals surface area (Å²) in [6.07, 6.45) is 2.64. The molecule has 1 N–H and O–H groups in total. The van der Waals surface area contributed by atoms with Crippen LogP contribution < -0.4 is 5.32 Å². The lowest BCUT2D eigenvalue weighted by Crippen LogP contribution is -2.36. The fourth-order valence-electron chi connectivity index (χ4n) is 3.18. The number of rotatable bonds is 5. The van der Waals surface area contributed by atoms with E-state index in [0.29, 0.717) is 21.9 Å². The van der Waals surface area contributed by atoms with Gasteiger partial charge in [-0.05, 0) is 36.6 Å². The fourth-order valence-corrected chi connectivity index (χ4v) is 4.11. The second-order valence-electron chi connectivity index (χ2n) is 6.65. The van der Waals surface area contributed by atoms with Crippen molar-refractivity contribution in [1.82, 2.24) is 10.3 Å². The molecule has 2 aromatic rings. The molecule has 1 aromatic carbocycles. The number of thioether (sulfide) groups is 1. The number of nitrogens with zero attached hydrogens (tertiary/aromatic N) is 1. The minimum atomic E-state index is -4.36. The molecule has 1 heterocycles. The lowest BCUT2D eigenvalue weighted by atomic mass is 9.95. The van der Waals surface area contributed by atoms with E-state index < -0.39 is 11.7 Å². The highest BCUT2D eigenvalue weighted by Gasteiger charge is 2.30. The Labute approximate surface area is 160 Å². The van der Waals surface area contributed by atoms with Crippen molar-refractivity contribution in [3.05, 3.63) is 59.3 Å². The third-order valence-corrected chi connectivity index (χ3v) is 5.66. The van der Waals surface area contributed by atoms with Gasteiger partial charge in [0.25, 0.3) is 5.91 Å². The first kappa shape index (κ1) is 19.7. The van der Waals surface area contributed by atoms with Gasteiger partial charge in [-0.3, -0.25) is 4.79 Å². The van der Waals surface area contributed by atoms with E-state index in [1.807, 2.05) is 0 Å². The van der Waals surface area contributed by atoms with Gasteiger partial charge in [0.15, 0.2) is 0 Å². The summed E-state index contributed by atoms with van der Waals surface area (Å²) in [4.78, 5) is 16.9. The number of aromatic nitrogens is 1. The zero-order chi connectivity index (χ0) is 19.3. The van der Waals surface area contributed by atoms with Gasteiger partial charge in [0, 0.05) is 18.0 Å². The zero-order valence-corrected chi connectivity index (χ0v) is 15.6. The van der Waals surface area contributed by atoms with E-state index in [2.05, 4.69) is 10.3 Å². The van der Waals surface area contributed by atoms with Gasteiger partial charge in [0.1, 0.15) is 5.03 Å². The van der Waals surface area contributed by atoms with Gasteiger partial charge in [0.2, 0.25) is 0 Å². The van der Waals surface area contributed by atoms with E-state index >= 15 is 0 Å². The number of halogens is 3. The molecule has 0 atom stereocenters. The highest BCUT2D eigenvalue weighted by molar-refractivity contribution is 7.98. The molecular formula is C20H21F3N2OS. The number of carbonyl (C=O) groups is 1. The maximum Gasteiger partial charge on any atom is 0.416 e. The van der Waals surface area contributed by atoms with E-state index in [1.165, 1.54) is 24.2 Å². The van der Waals surface area contributed by atoms with E-state index in [0.717, 1.165) is 37.8 Å². The van der Waals surface area contributed by atoms with Crippen molar-refractivity contribution in [2.24, 2.45) is 0 Å². The van der Waals surface area contributed by atoms with Crippen molar-refractivity contribution >= 4 is 17.7 Å². The van der Waals surface area contributed by atoms with Gasteiger partial charge in [-0.15, -0.1) is 11.8 Å². The van der Waals surface area contributed by atoms with Crippen LogP contribution >= 0.6 is 11.8 Å². The normalized spacial score (nSPS) is 15.5. The van der Waals surface area contributed by atoms with Crippen molar-refractivity contribution in [1.29, 1.82) is 0 Å². The van der Waals surface area contributed by atoms with Crippen LogP contribution in [0.4, 0.5) is 13.2 Å². The molecule has 1 amide bonds. The van der Waals surface area contributed by atoms with Gasteiger partial charge in [-0.1, -0.05) is 37.5 Å². The molecule has 27 heavy (non-hydrogen) atoms. The predicted octanol–water partition coefficient (Wildman–Crippen LogP) is 5.46. The van der Waals surface area contributed by atoms with Gasteiger partial charge in [-0.25, -0.2) is 4.98 Å². The Bertz CT molecular complexity index is 789. The average Bonchev–Trinajstić information content (AvgIpc) is 2.67. The summed E-state index contributed by atoms with van der Waals surface area (Å²) >= 11 is 1.27. The van der Waals surface area contributed by atoms with Gasteiger partial charge in [-0.2, -0.15) is 13.2 Å². The van der Waals surface area contributed by atoms with Crippen molar-refractivity contribution < 1.29 is 18.0 Å². The molecule has 7 heteroatoms. The lowest BCUT2D eigenvalue weighted by molar-refractivity contribution is -0.137. The van der Waals surface area contributed by atoms with E-state index in [-0.39, 0.29) is 11.9 Å². The Kier molecular flexibility index (Phi) is 6.42. The third kappa shape index (κ3) is 5.48. The third-order valence-electron chi connectivity index (χ3n) is 4.59. The van der Waals surface area contributed by atoms with E-state index in [1.54, 1.807) is 24.4 Å². The first-order valence-corrected chi connectivity index (χ1v) is 9.97. The van der Waals surface area contributed by atoms with Crippen LogP contribution in [0.5, 0.6) is 0 Å². The minimum absolute atomic E-state index is 0.165. The molecular weight excluding hydrogens is 373 g/mol. The topological polar surface area (TPSA) is 42.0 Å². The summed E-state index contributed by atoms with van der Waals surface area (Å²) in [5, 5.41) is 3.59.